The predicted octanol–water partition coefficient (Wildman–Crippen LogP) is 0.694. The number of likely N-dealkylation sites (tertiary alicyclic amines) is 1. The van der Waals surface area contributed by atoms with Crippen LogP contribution in [0.5, 0.6) is 0 Å². The molecule has 1 aliphatic heterocycles. The molecule has 3 N–H and O–H groups in total. The third-order valence-corrected chi connectivity index (χ3v) is 4.31. The van der Waals surface area contributed by atoms with Gasteiger partial charge in [0.25, 0.3) is 0 Å². The second-order valence-corrected chi connectivity index (χ2v) is 6.12. The van der Waals surface area contributed by atoms with E-state index in [4.69, 9.17) is 5.11 Å². The molecule has 7 nitrogen and oxygen atoms in total. The van der Waals surface area contributed by atoms with Crippen molar-refractivity contribution in [1.29, 1.82) is 0 Å². The summed E-state index contributed by atoms with van der Waals surface area (Å²) in [5.74, 6) is -0.977. The largest absolute Gasteiger partial charge is 0.481 e. The fourth-order valence-corrected chi connectivity index (χ4v) is 3.34. The van der Waals surface area contributed by atoms with E-state index >= 15 is 0 Å². The maximum absolute atomic E-state index is 12.3. The lowest BCUT2D eigenvalue weighted by atomic mass is 9.93. The molecule has 0 radical (unpaired) electrons. The molecule has 1 unspecified atom stereocenters. The van der Waals surface area contributed by atoms with Crippen molar-refractivity contribution in [2.75, 3.05) is 13.1 Å². The molecule has 0 aromatic carbocycles. The number of carboxylic acids is 1. The summed E-state index contributed by atoms with van der Waals surface area (Å²) in [6.07, 6.45) is 4.03. The molecule has 1 heterocycles. The van der Waals surface area contributed by atoms with Crippen LogP contribution in [0.15, 0.2) is 0 Å². The van der Waals surface area contributed by atoms with Crippen molar-refractivity contribution in [1.82, 2.24) is 15.5 Å². The van der Waals surface area contributed by atoms with Crippen LogP contribution in [0.4, 0.5) is 4.79 Å². The summed E-state index contributed by atoms with van der Waals surface area (Å²) in [7, 11) is 0. The minimum absolute atomic E-state index is 0.00717. The first-order chi connectivity index (χ1) is 9.90. The van der Waals surface area contributed by atoms with Gasteiger partial charge < -0.3 is 20.6 Å². The van der Waals surface area contributed by atoms with Crippen LogP contribution in [-0.2, 0) is 9.59 Å². The molecule has 0 aromatic heterocycles. The van der Waals surface area contributed by atoms with E-state index < -0.39 is 11.5 Å². The van der Waals surface area contributed by atoms with Gasteiger partial charge in [-0.3, -0.25) is 9.59 Å². The molecule has 2 rings (SSSR count). The van der Waals surface area contributed by atoms with Gasteiger partial charge in [0.1, 0.15) is 0 Å². The van der Waals surface area contributed by atoms with Crippen molar-refractivity contribution in [2.24, 2.45) is 0 Å². The summed E-state index contributed by atoms with van der Waals surface area (Å²) in [6, 6.07) is -0.224. The molecule has 2 fully saturated rings. The Balaban J connectivity index is 1.91. The number of carbonyl (C=O) groups is 3. The molecule has 2 aliphatic rings. The number of carbonyl (C=O) groups excluding carboxylic acids is 2. The smallest absolute Gasteiger partial charge is 0.317 e. The summed E-state index contributed by atoms with van der Waals surface area (Å²) < 4.78 is 0. The zero-order valence-electron chi connectivity index (χ0n) is 12.4. The van der Waals surface area contributed by atoms with Crippen molar-refractivity contribution in [3.63, 3.8) is 0 Å². The van der Waals surface area contributed by atoms with Crippen LogP contribution in [-0.4, -0.2) is 52.6 Å². The Kier molecular flexibility index (Phi) is 4.69. The van der Waals surface area contributed by atoms with E-state index in [2.05, 4.69) is 10.6 Å². The average Bonchev–Trinajstić information content (AvgIpc) is 2.97. The second-order valence-electron chi connectivity index (χ2n) is 6.12. The summed E-state index contributed by atoms with van der Waals surface area (Å²) in [5, 5.41) is 14.8. The highest BCUT2D eigenvalue weighted by atomic mass is 16.4. The molecule has 21 heavy (non-hydrogen) atoms. The summed E-state index contributed by atoms with van der Waals surface area (Å²) in [4.78, 5) is 36.0. The van der Waals surface area contributed by atoms with Gasteiger partial charge in [0.05, 0.1) is 12.0 Å². The number of urea groups is 1. The monoisotopic (exact) mass is 297 g/mol. The number of rotatable bonds is 4. The van der Waals surface area contributed by atoms with Crippen LogP contribution < -0.4 is 10.6 Å². The number of hydrogen-bond donors (Lipinski definition) is 3. The van der Waals surface area contributed by atoms with Gasteiger partial charge in [-0.15, -0.1) is 0 Å². The Bertz CT molecular complexity index is 432. The quantitative estimate of drug-likeness (QED) is 0.711. The minimum atomic E-state index is -0.880. The third-order valence-electron chi connectivity index (χ3n) is 4.31. The predicted molar refractivity (Wildman–Crippen MR) is 75.8 cm³/mol. The standard InChI is InChI=1S/C14H23N3O4/c1-10(18)15-11-4-7-17(9-11)13(21)16-14(8-12(19)20)5-2-3-6-14/h11H,2-9H2,1H3,(H,15,18)(H,16,21)(H,19,20). The molecule has 1 atom stereocenters. The Morgan fingerprint density at radius 3 is 2.52 bits per heavy atom. The van der Waals surface area contributed by atoms with E-state index in [1.165, 1.54) is 6.92 Å². The third kappa shape index (κ3) is 4.09. The average molecular weight is 297 g/mol. The van der Waals surface area contributed by atoms with Gasteiger partial charge in [-0.25, -0.2) is 4.79 Å². The highest BCUT2D eigenvalue weighted by molar-refractivity contribution is 5.78. The Morgan fingerprint density at radius 2 is 1.95 bits per heavy atom. The molecule has 0 aromatic rings. The van der Waals surface area contributed by atoms with Crippen LogP contribution in [0.1, 0.15) is 45.4 Å². The van der Waals surface area contributed by atoms with Crippen LogP contribution in [0.25, 0.3) is 0 Å². The van der Waals surface area contributed by atoms with Gasteiger partial charge >= 0.3 is 12.0 Å². The Morgan fingerprint density at radius 1 is 1.29 bits per heavy atom. The number of carboxylic acid groups (broad SMARTS) is 1. The topological polar surface area (TPSA) is 98.7 Å². The van der Waals surface area contributed by atoms with Crippen LogP contribution in [0.3, 0.4) is 0 Å². The van der Waals surface area contributed by atoms with Gasteiger partial charge in [-0.1, -0.05) is 12.8 Å². The normalized spacial score (nSPS) is 23.9. The van der Waals surface area contributed by atoms with Gasteiger partial charge in [0.15, 0.2) is 0 Å². The molecule has 7 heteroatoms. The molecule has 0 bridgehead atoms. The molecule has 0 spiro atoms. The van der Waals surface area contributed by atoms with Crippen molar-refractivity contribution in [3.8, 4) is 0 Å². The number of nitrogens with one attached hydrogen (secondary N) is 2. The van der Waals surface area contributed by atoms with Crippen LogP contribution in [0.2, 0.25) is 0 Å². The zero-order chi connectivity index (χ0) is 15.5. The highest BCUT2D eigenvalue weighted by Gasteiger charge is 2.39. The summed E-state index contributed by atoms with van der Waals surface area (Å²) in [5.41, 5.74) is -0.602. The number of nitrogens with zero attached hydrogens (tertiary/aromatic N) is 1. The Labute approximate surface area is 124 Å². The summed E-state index contributed by atoms with van der Waals surface area (Å²) >= 11 is 0. The van der Waals surface area contributed by atoms with E-state index in [1.54, 1.807) is 4.90 Å². The van der Waals surface area contributed by atoms with E-state index in [9.17, 15) is 14.4 Å². The maximum atomic E-state index is 12.3. The first-order valence-corrected chi connectivity index (χ1v) is 7.46. The Hall–Kier alpha value is -1.79. The lowest BCUT2D eigenvalue weighted by molar-refractivity contribution is -0.138. The molecule has 3 amide bonds. The minimum Gasteiger partial charge on any atom is -0.481 e. The fraction of sp³-hybridized carbons (Fsp3) is 0.786. The van der Waals surface area contributed by atoms with Crippen molar-refractivity contribution < 1.29 is 19.5 Å². The van der Waals surface area contributed by atoms with Crippen molar-refractivity contribution >= 4 is 17.9 Å². The highest BCUT2D eigenvalue weighted by Crippen LogP contribution is 2.33. The van der Waals surface area contributed by atoms with Gasteiger partial charge in [-0.2, -0.15) is 0 Å². The molecule has 118 valence electrons. The lowest BCUT2D eigenvalue weighted by Gasteiger charge is -2.31. The second kappa shape index (κ2) is 6.32. The zero-order valence-corrected chi connectivity index (χ0v) is 12.4. The first kappa shape index (κ1) is 15.6. The van der Waals surface area contributed by atoms with Crippen LogP contribution in [0, 0.1) is 0 Å². The maximum Gasteiger partial charge on any atom is 0.317 e. The van der Waals surface area contributed by atoms with Crippen molar-refractivity contribution in [3.05, 3.63) is 0 Å². The van der Waals surface area contributed by atoms with E-state index in [0.29, 0.717) is 25.9 Å². The van der Waals surface area contributed by atoms with Gasteiger partial charge in [0.2, 0.25) is 5.91 Å². The van der Waals surface area contributed by atoms with Crippen molar-refractivity contribution in [2.45, 2.75) is 57.0 Å². The van der Waals surface area contributed by atoms with E-state index in [1.807, 2.05) is 0 Å². The number of aliphatic carboxylic acids is 1. The fourth-order valence-electron chi connectivity index (χ4n) is 3.34. The number of amides is 3. The van der Waals surface area contributed by atoms with E-state index in [-0.39, 0.29) is 24.4 Å². The molecule has 1 saturated heterocycles. The van der Waals surface area contributed by atoms with Gasteiger partial charge in [-0.05, 0) is 19.3 Å². The molecular weight excluding hydrogens is 274 g/mol. The molecule has 1 saturated carbocycles. The lowest BCUT2D eigenvalue weighted by Crippen LogP contribution is -2.52. The van der Waals surface area contributed by atoms with Gasteiger partial charge in [0, 0.05) is 26.1 Å². The SMILES string of the molecule is CC(=O)NC1CCN(C(=O)NC2(CC(=O)O)CCCC2)C1. The molecular formula is C14H23N3O4. The van der Waals surface area contributed by atoms with Crippen LogP contribution >= 0.6 is 0 Å². The molecule has 1 aliphatic carbocycles. The first-order valence-electron chi connectivity index (χ1n) is 7.46. The number of hydrogen-bond acceptors (Lipinski definition) is 3. The van der Waals surface area contributed by atoms with E-state index in [0.717, 1.165) is 19.3 Å². The summed E-state index contributed by atoms with van der Waals surface area (Å²) in [6.45, 7) is 2.53.